The van der Waals surface area contributed by atoms with Gasteiger partial charge in [-0.2, -0.15) is 0 Å². The number of rotatable bonds is 14. The van der Waals surface area contributed by atoms with Crippen LogP contribution in [0.25, 0.3) is 11.1 Å². The third kappa shape index (κ3) is 8.61. The van der Waals surface area contributed by atoms with Crippen LogP contribution in [0.1, 0.15) is 71.9 Å². The summed E-state index contributed by atoms with van der Waals surface area (Å²) in [5.41, 5.74) is 4.34. The third-order valence-corrected chi connectivity index (χ3v) is 8.34. The molecular formula is C34H46N4O7. The molecule has 0 radical (unpaired) electrons. The van der Waals surface area contributed by atoms with Gasteiger partial charge in [-0.25, -0.2) is 4.79 Å². The number of carboxylic acid groups (broad SMARTS) is 1. The van der Waals surface area contributed by atoms with Crippen LogP contribution in [0.4, 0.5) is 4.79 Å². The minimum atomic E-state index is -1.20. The number of aliphatic carboxylic acids is 1. The number of benzene rings is 2. The smallest absolute Gasteiger partial charge is 0.407 e. The van der Waals surface area contributed by atoms with Gasteiger partial charge in [-0.05, 0) is 46.9 Å². The molecule has 5 N–H and O–H groups in total. The fraction of sp³-hybridized carbons (Fsp3) is 0.500. The van der Waals surface area contributed by atoms with Gasteiger partial charge in [-0.15, -0.1) is 0 Å². The molecule has 1 aliphatic rings. The summed E-state index contributed by atoms with van der Waals surface area (Å²) in [5, 5.41) is 19.7. The van der Waals surface area contributed by atoms with Crippen molar-refractivity contribution in [3.63, 3.8) is 0 Å². The molecule has 1 aliphatic carbocycles. The first-order valence-electron chi connectivity index (χ1n) is 15.5. The highest BCUT2D eigenvalue weighted by molar-refractivity contribution is 5.95. The largest absolute Gasteiger partial charge is 0.480 e. The van der Waals surface area contributed by atoms with Crippen LogP contribution in [0.2, 0.25) is 0 Å². The Morgan fingerprint density at radius 3 is 1.60 bits per heavy atom. The Morgan fingerprint density at radius 2 is 1.13 bits per heavy atom. The van der Waals surface area contributed by atoms with E-state index < -0.39 is 54.0 Å². The van der Waals surface area contributed by atoms with Crippen molar-refractivity contribution in [2.45, 2.75) is 85.0 Å². The number of hydrogen-bond donors (Lipinski definition) is 5. The lowest BCUT2D eigenvalue weighted by atomic mass is 9.95. The van der Waals surface area contributed by atoms with Crippen LogP contribution < -0.4 is 21.3 Å². The second-order valence-corrected chi connectivity index (χ2v) is 12.4. The summed E-state index contributed by atoms with van der Waals surface area (Å²) >= 11 is 0. The molecule has 0 unspecified atom stereocenters. The zero-order valence-electron chi connectivity index (χ0n) is 27.0. The summed E-state index contributed by atoms with van der Waals surface area (Å²) in [4.78, 5) is 64.0. The molecule has 45 heavy (non-hydrogen) atoms. The lowest BCUT2D eigenvalue weighted by Gasteiger charge is -2.30. The first-order valence-corrected chi connectivity index (χ1v) is 15.5. The van der Waals surface area contributed by atoms with E-state index in [1.807, 2.05) is 55.5 Å². The van der Waals surface area contributed by atoms with E-state index in [0.717, 1.165) is 22.3 Å². The number of fused-ring (bicyclic) bond motifs is 3. The van der Waals surface area contributed by atoms with Crippen LogP contribution in [-0.2, 0) is 23.9 Å². The van der Waals surface area contributed by atoms with E-state index in [4.69, 9.17) is 4.74 Å². The fourth-order valence-electron chi connectivity index (χ4n) is 5.39. The molecule has 11 heteroatoms. The highest BCUT2D eigenvalue weighted by Crippen LogP contribution is 2.44. The molecule has 0 heterocycles. The molecule has 0 fully saturated rings. The quantitative estimate of drug-likeness (QED) is 0.214. The first-order chi connectivity index (χ1) is 21.3. The Morgan fingerprint density at radius 1 is 0.689 bits per heavy atom. The Kier molecular flexibility index (Phi) is 12.1. The minimum absolute atomic E-state index is 0.0862. The van der Waals surface area contributed by atoms with Crippen LogP contribution in [-0.4, -0.2) is 65.7 Å². The zero-order chi connectivity index (χ0) is 33.4. The summed E-state index contributed by atoms with van der Waals surface area (Å²) in [6.07, 6.45) is -0.213. The minimum Gasteiger partial charge on any atom is -0.480 e. The third-order valence-electron chi connectivity index (χ3n) is 8.34. The first kappa shape index (κ1) is 35.1. The van der Waals surface area contributed by atoms with Crippen molar-refractivity contribution in [1.82, 2.24) is 21.3 Å². The molecule has 11 nitrogen and oxygen atoms in total. The van der Waals surface area contributed by atoms with E-state index in [-0.39, 0.29) is 30.3 Å². The number of ether oxygens (including phenoxy) is 1. The average molecular weight is 623 g/mol. The van der Waals surface area contributed by atoms with Gasteiger partial charge in [0.25, 0.3) is 0 Å². The molecular weight excluding hydrogens is 576 g/mol. The maximum atomic E-state index is 13.5. The van der Waals surface area contributed by atoms with Crippen LogP contribution in [0, 0.1) is 17.8 Å². The van der Waals surface area contributed by atoms with E-state index in [1.165, 1.54) is 6.92 Å². The Labute approximate surface area is 264 Å². The highest BCUT2D eigenvalue weighted by Gasteiger charge is 2.35. The highest BCUT2D eigenvalue weighted by atomic mass is 16.5. The fourth-order valence-corrected chi connectivity index (χ4v) is 5.39. The van der Waals surface area contributed by atoms with E-state index in [1.54, 1.807) is 34.6 Å². The maximum absolute atomic E-state index is 13.5. The molecule has 2 aromatic rings. The van der Waals surface area contributed by atoms with Gasteiger partial charge in [-0.3, -0.25) is 19.2 Å². The Hall–Kier alpha value is -4.41. The molecule has 5 atom stereocenters. The molecule has 0 bridgehead atoms. The van der Waals surface area contributed by atoms with Crippen LogP contribution in [0.15, 0.2) is 48.5 Å². The van der Waals surface area contributed by atoms with Crippen molar-refractivity contribution in [1.29, 1.82) is 0 Å². The number of amides is 4. The van der Waals surface area contributed by atoms with Gasteiger partial charge < -0.3 is 31.1 Å². The lowest BCUT2D eigenvalue weighted by molar-refractivity contribution is -0.142. The lowest BCUT2D eigenvalue weighted by Crippen LogP contribution is -2.60. The van der Waals surface area contributed by atoms with Crippen molar-refractivity contribution in [3.05, 3.63) is 59.7 Å². The maximum Gasteiger partial charge on any atom is 0.407 e. The predicted molar refractivity (Wildman–Crippen MR) is 170 cm³/mol. The molecule has 0 saturated heterocycles. The second-order valence-electron chi connectivity index (χ2n) is 12.4. The SMILES string of the molecule is CC[C@H](C)[C@H](NC(=O)[C@@H](NC(=O)[C@@H](NC(=O)OCC1c2ccccc2-c2ccccc21)C(C)C)C(C)C)C(=O)N[C@@H](C)C(=O)O. The number of nitrogens with one attached hydrogen (secondary N) is 4. The predicted octanol–water partition coefficient (Wildman–Crippen LogP) is 3.81. The molecule has 4 amide bonds. The van der Waals surface area contributed by atoms with E-state index in [9.17, 15) is 29.1 Å². The zero-order valence-corrected chi connectivity index (χ0v) is 27.0. The Balaban J connectivity index is 1.67. The van der Waals surface area contributed by atoms with Gasteiger partial charge in [0.05, 0.1) is 0 Å². The van der Waals surface area contributed by atoms with Gasteiger partial charge in [0.15, 0.2) is 0 Å². The number of carbonyl (C=O) groups is 5. The Bertz CT molecular complexity index is 1350. The normalized spacial score (nSPS) is 15.6. The molecule has 0 spiro atoms. The second kappa shape index (κ2) is 15.5. The van der Waals surface area contributed by atoms with Crippen molar-refractivity contribution >= 4 is 29.8 Å². The van der Waals surface area contributed by atoms with Gasteiger partial charge in [0.1, 0.15) is 30.8 Å². The number of alkyl carbamates (subject to hydrolysis) is 1. The number of carbonyl (C=O) groups excluding carboxylic acids is 4. The van der Waals surface area contributed by atoms with Crippen LogP contribution >= 0.6 is 0 Å². The van der Waals surface area contributed by atoms with Crippen molar-refractivity contribution in [2.75, 3.05) is 6.61 Å². The number of hydrogen-bond acceptors (Lipinski definition) is 6. The van der Waals surface area contributed by atoms with Gasteiger partial charge in [0, 0.05) is 5.92 Å². The molecule has 0 aliphatic heterocycles. The van der Waals surface area contributed by atoms with Gasteiger partial charge in [0.2, 0.25) is 17.7 Å². The van der Waals surface area contributed by atoms with Crippen molar-refractivity contribution < 1.29 is 33.8 Å². The molecule has 3 rings (SSSR count). The summed E-state index contributed by atoms with van der Waals surface area (Å²) in [5.74, 6) is -4.14. The molecule has 244 valence electrons. The van der Waals surface area contributed by atoms with E-state index in [0.29, 0.717) is 6.42 Å². The van der Waals surface area contributed by atoms with Gasteiger partial charge in [-0.1, -0.05) is 96.5 Å². The molecule has 0 aromatic heterocycles. The standard InChI is InChI=1S/C34H46N4O7/c1-8-20(6)29(32(41)35-21(7)33(42)43)37-30(39)27(18(2)3)36-31(40)28(19(4)5)38-34(44)45-17-26-24-15-11-9-13-22(24)23-14-10-12-16-25(23)26/h9-16,18-21,26-29H,8,17H2,1-7H3,(H,35,41)(H,36,40)(H,37,39)(H,38,44)(H,42,43)/t20-,21-,27-,28-,29-/m0/s1. The summed E-state index contributed by atoms with van der Waals surface area (Å²) in [6.45, 7) is 12.1. The van der Waals surface area contributed by atoms with Crippen molar-refractivity contribution in [3.8, 4) is 11.1 Å². The van der Waals surface area contributed by atoms with Crippen LogP contribution in [0.5, 0.6) is 0 Å². The average Bonchev–Trinajstić information content (AvgIpc) is 3.32. The molecule has 0 saturated carbocycles. The van der Waals surface area contributed by atoms with E-state index in [2.05, 4.69) is 21.3 Å². The summed E-state index contributed by atoms with van der Waals surface area (Å²) < 4.78 is 5.64. The van der Waals surface area contributed by atoms with E-state index >= 15 is 0 Å². The van der Waals surface area contributed by atoms with Crippen LogP contribution in [0.3, 0.4) is 0 Å². The van der Waals surface area contributed by atoms with Crippen molar-refractivity contribution in [2.24, 2.45) is 17.8 Å². The number of carboxylic acids is 1. The topological polar surface area (TPSA) is 163 Å². The summed E-state index contributed by atoms with van der Waals surface area (Å²) in [6, 6.07) is 11.8. The summed E-state index contributed by atoms with van der Waals surface area (Å²) in [7, 11) is 0. The monoisotopic (exact) mass is 622 g/mol. The van der Waals surface area contributed by atoms with Gasteiger partial charge >= 0.3 is 12.1 Å². The molecule has 2 aromatic carbocycles.